The Hall–Kier alpha value is -3.33. The number of nitrogens with two attached hydrogens (primary N) is 2. The molecule has 0 unspecified atom stereocenters. The van der Waals surface area contributed by atoms with E-state index in [4.69, 9.17) is 19.7 Å². The van der Waals surface area contributed by atoms with Crippen molar-refractivity contribution in [2.24, 2.45) is 5.73 Å². The van der Waals surface area contributed by atoms with E-state index in [-0.39, 0.29) is 11.3 Å². The molecule has 0 spiro atoms. The predicted molar refractivity (Wildman–Crippen MR) is 130 cm³/mol. The summed E-state index contributed by atoms with van der Waals surface area (Å²) in [6.07, 6.45) is 2.21. The standard InChI is InChI=1S/C23H28N6O2S/c1-27(2)18(30)14-15-4-6-16(7-5-15)28-10-3-11-29(13-12-28)17-8-9-26-23-19(17)20(24)21(32-23)22(25)31/h4-9H,3,10-14,24H2,1-2H3,(H2,25,31)/i1D3,2D3. The Morgan fingerprint density at radius 1 is 1.12 bits per heavy atom. The van der Waals surface area contributed by atoms with Gasteiger partial charge < -0.3 is 26.2 Å². The third kappa shape index (κ3) is 4.34. The number of nitrogen functional groups attached to an aromatic ring is 1. The molecule has 2 amide bonds. The van der Waals surface area contributed by atoms with Gasteiger partial charge in [0.25, 0.3) is 5.91 Å². The number of nitrogens with zero attached hydrogens (tertiary/aromatic N) is 4. The number of anilines is 3. The van der Waals surface area contributed by atoms with Crippen molar-refractivity contribution in [1.82, 2.24) is 9.88 Å². The minimum atomic E-state index is -3.06. The number of thiophene rings is 1. The second-order valence-electron chi connectivity index (χ2n) is 7.62. The summed E-state index contributed by atoms with van der Waals surface area (Å²) in [5.74, 6) is -1.56. The lowest BCUT2D eigenvalue weighted by molar-refractivity contribution is -0.127. The van der Waals surface area contributed by atoms with Gasteiger partial charge in [-0.15, -0.1) is 11.3 Å². The summed E-state index contributed by atoms with van der Waals surface area (Å²) >= 11 is 1.19. The number of benzene rings is 1. The Labute approximate surface area is 199 Å². The number of fused-ring (bicyclic) bond motifs is 1. The summed E-state index contributed by atoms with van der Waals surface area (Å²) in [7, 11) is 0. The number of likely N-dealkylation sites (N-methyl/N-ethyl adjacent to an activating group) is 1. The van der Waals surface area contributed by atoms with Gasteiger partial charge in [-0.25, -0.2) is 4.98 Å². The summed E-state index contributed by atoms with van der Waals surface area (Å²) in [5, 5.41) is 0.733. The van der Waals surface area contributed by atoms with Gasteiger partial charge in [-0.3, -0.25) is 9.59 Å². The molecule has 0 atom stereocenters. The molecule has 1 aromatic carbocycles. The second kappa shape index (κ2) is 9.04. The summed E-state index contributed by atoms with van der Waals surface area (Å²) in [4.78, 5) is 34.0. The van der Waals surface area contributed by atoms with Gasteiger partial charge in [0.05, 0.1) is 23.2 Å². The molecule has 0 saturated carbocycles. The van der Waals surface area contributed by atoms with E-state index in [0.29, 0.717) is 34.0 Å². The van der Waals surface area contributed by atoms with Gasteiger partial charge in [0.15, 0.2) is 0 Å². The van der Waals surface area contributed by atoms with Gasteiger partial charge in [0.2, 0.25) is 5.91 Å². The lowest BCUT2D eigenvalue weighted by Gasteiger charge is -2.25. The van der Waals surface area contributed by atoms with E-state index in [1.807, 2.05) is 18.2 Å². The van der Waals surface area contributed by atoms with E-state index in [0.717, 1.165) is 36.3 Å². The van der Waals surface area contributed by atoms with Crippen LogP contribution in [0.1, 0.15) is 29.9 Å². The highest BCUT2D eigenvalue weighted by Gasteiger charge is 2.22. The molecule has 0 aliphatic carbocycles. The molecule has 3 heterocycles. The molecular formula is C23H28N6O2S. The van der Waals surface area contributed by atoms with E-state index >= 15 is 0 Å². The summed E-state index contributed by atoms with van der Waals surface area (Å²) in [5.41, 5.74) is 14.4. The van der Waals surface area contributed by atoms with Crippen molar-refractivity contribution in [1.29, 1.82) is 0 Å². The van der Waals surface area contributed by atoms with Crippen molar-refractivity contribution in [2.45, 2.75) is 12.8 Å². The number of hydrogen-bond donors (Lipinski definition) is 2. The van der Waals surface area contributed by atoms with Gasteiger partial charge >= 0.3 is 0 Å². The van der Waals surface area contributed by atoms with Crippen LogP contribution >= 0.6 is 11.3 Å². The van der Waals surface area contributed by atoms with Crippen molar-refractivity contribution >= 4 is 50.4 Å². The van der Waals surface area contributed by atoms with Gasteiger partial charge in [-0.2, -0.15) is 0 Å². The quantitative estimate of drug-likeness (QED) is 0.607. The first-order valence-electron chi connectivity index (χ1n) is 13.2. The molecule has 4 N–H and O–H groups in total. The number of aromatic nitrogens is 1. The molecule has 1 aliphatic heterocycles. The first-order valence-corrected chi connectivity index (χ1v) is 11.0. The molecule has 0 radical (unpaired) electrons. The molecule has 168 valence electrons. The molecule has 32 heavy (non-hydrogen) atoms. The number of carbonyl (C=O) groups is 2. The fraction of sp³-hybridized carbons (Fsp3) is 0.348. The highest BCUT2D eigenvalue weighted by Crippen LogP contribution is 2.38. The SMILES string of the molecule is [2H]C([2H])([2H])N(C(=O)Cc1ccc(N2CCCN(c3ccnc4sc(C(N)=O)c(N)c34)CC2)cc1)C([2H])([2H])[2H]. The van der Waals surface area contributed by atoms with Crippen LogP contribution in [-0.4, -0.2) is 61.8 Å². The Morgan fingerprint density at radius 2 is 1.84 bits per heavy atom. The number of hydrogen-bond acceptors (Lipinski definition) is 7. The Bertz CT molecular complexity index is 1330. The third-order valence-electron chi connectivity index (χ3n) is 5.57. The van der Waals surface area contributed by atoms with Crippen LogP contribution in [0.15, 0.2) is 36.5 Å². The Balaban J connectivity index is 1.47. The smallest absolute Gasteiger partial charge is 0.260 e. The van der Waals surface area contributed by atoms with Crippen molar-refractivity contribution in [3.63, 3.8) is 0 Å². The number of primary amides is 1. The summed E-state index contributed by atoms with van der Waals surface area (Å²) < 4.78 is 44.5. The first kappa shape index (κ1) is 15.5. The van der Waals surface area contributed by atoms with Crippen LogP contribution in [0.3, 0.4) is 0 Å². The lowest BCUT2D eigenvalue weighted by atomic mass is 10.1. The maximum Gasteiger partial charge on any atom is 0.260 e. The van der Waals surface area contributed by atoms with Crippen LogP contribution in [0, 0.1) is 0 Å². The zero-order chi connectivity index (χ0) is 27.8. The van der Waals surface area contributed by atoms with Crippen molar-refractivity contribution < 1.29 is 17.8 Å². The summed E-state index contributed by atoms with van der Waals surface area (Å²) in [6.45, 7) is -3.19. The topological polar surface area (TPSA) is 109 Å². The fourth-order valence-corrected chi connectivity index (χ4v) is 4.91. The summed E-state index contributed by atoms with van der Waals surface area (Å²) in [6, 6.07) is 8.98. The fourth-order valence-electron chi connectivity index (χ4n) is 3.97. The van der Waals surface area contributed by atoms with Crippen LogP contribution in [0.25, 0.3) is 10.2 Å². The molecule has 9 heteroatoms. The van der Waals surface area contributed by atoms with Crippen LogP contribution in [0.4, 0.5) is 17.1 Å². The molecular weight excluding hydrogens is 424 g/mol. The monoisotopic (exact) mass is 458 g/mol. The highest BCUT2D eigenvalue weighted by molar-refractivity contribution is 7.21. The number of carbonyl (C=O) groups excluding carboxylic acids is 2. The number of rotatable bonds is 5. The number of amides is 2. The van der Waals surface area contributed by atoms with E-state index in [1.165, 1.54) is 11.3 Å². The zero-order valence-electron chi connectivity index (χ0n) is 23.4. The Morgan fingerprint density at radius 3 is 2.56 bits per heavy atom. The van der Waals surface area contributed by atoms with Gasteiger partial charge in [-0.1, -0.05) is 12.1 Å². The molecule has 1 fully saturated rings. The average Bonchev–Trinajstić information content (AvgIpc) is 2.98. The number of pyridine rings is 1. The third-order valence-corrected chi connectivity index (χ3v) is 6.70. The van der Waals surface area contributed by atoms with Gasteiger partial charge in [0, 0.05) is 60.2 Å². The highest BCUT2D eigenvalue weighted by atomic mass is 32.1. The van der Waals surface area contributed by atoms with Gasteiger partial charge in [0.1, 0.15) is 9.71 Å². The van der Waals surface area contributed by atoms with Crippen LogP contribution < -0.4 is 21.3 Å². The molecule has 4 rings (SSSR count). The molecule has 2 aromatic heterocycles. The minimum absolute atomic E-state index is 0.0139. The average molecular weight is 459 g/mol. The van der Waals surface area contributed by atoms with Crippen molar-refractivity contribution in [3.8, 4) is 0 Å². The molecule has 8 nitrogen and oxygen atoms in total. The van der Waals surface area contributed by atoms with Crippen LogP contribution in [0.2, 0.25) is 0 Å². The molecule has 1 aliphatic rings. The predicted octanol–water partition coefficient (Wildman–Crippen LogP) is 2.32. The zero-order valence-corrected chi connectivity index (χ0v) is 18.2. The molecule has 1 saturated heterocycles. The molecule has 0 bridgehead atoms. The first-order chi connectivity index (χ1) is 17.8. The van der Waals surface area contributed by atoms with Crippen LogP contribution in [-0.2, 0) is 11.2 Å². The van der Waals surface area contributed by atoms with Gasteiger partial charge in [-0.05, 0) is 30.2 Å². The largest absolute Gasteiger partial charge is 0.397 e. The van der Waals surface area contributed by atoms with Crippen molar-refractivity contribution in [2.75, 3.05) is 55.7 Å². The maximum atomic E-state index is 12.5. The molecule has 3 aromatic rings. The lowest BCUT2D eigenvalue weighted by Crippen LogP contribution is -2.30. The van der Waals surface area contributed by atoms with E-state index in [2.05, 4.69) is 14.8 Å². The van der Waals surface area contributed by atoms with Crippen LogP contribution in [0.5, 0.6) is 0 Å². The Kier molecular flexibility index (Phi) is 4.37. The minimum Gasteiger partial charge on any atom is -0.397 e. The van der Waals surface area contributed by atoms with E-state index < -0.39 is 25.8 Å². The van der Waals surface area contributed by atoms with E-state index in [9.17, 15) is 9.59 Å². The van der Waals surface area contributed by atoms with E-state index in [1.54, 1.807) is 18.3 Å². The second-order valence-corrected chi connectivity index (χ2v) is 8.62. The van der Waals surface area contributed by atoms with Crippen molar-refractivity contribution in [3.05, 3.63) is 47.0 Å². The maximum absolute atomic E-state index is 12.5. The normalized spacial score (nSPS) is 18.0.